The van der Waals surface area contributed by atoms with Gasteiger partial charge in [-0.05, 0) is 50.4 Å². The zero-order chi connectivity index (χ0) is 14.1. The molecule has 21 heavy (non-hydrogen) atoms. The fourth-order valence-electron chi connectivity index (χ4n) is 3.63. The van der Waals surface area contributed by atoms with Crippen LogP contribution in [0.5, 0.6) is 0 Å². The number of nitrogens with one attached hydrogen (secondary N) is 1. The standard InChI is InChI=1S/C16H20N4O/c1-3-12(16-19-17-11-21-16)9-13(4-1)18-14-6-8-20-7-2-5-15(20)10-14/h1,3-4,9,11,14-15,18H,2,5-8,10H2. The van der Waals surface area contributed by atoms with Gasteiger partial charge < -0.3 is 14.6 Å². The fraction of sp³-hybridized carbons (Fsp3) is 0.500. The Hall–Kier alpha value is -1.88. The molecule has 4 rings (SSSR count). The molecule has 3 heterocycles. The zero-order valence-electron chi connectivity index (χ0n) is 12.0. The third kappa shape index (κ3) is 2.65. The minimum Gasteiger partial charge on any atom is -0.423 e. The smallest absolute Gasteiger partial charge is 0.247 e. The van der Waals surface area contributed by atoms with Crippen LogP contribution in [0.15, 0.2) is 35.1 Å². The molecule has 2 fully saturated rings. The van der Waals surface area contributed by atoms with Crippen LogP contribution in [0, 0.1) is 0 Å². The fourth-order valence-corrected chi connectivity index (χ4v) is 3.63. The molecular weight excluding hydrogens is 264 g/mol. The summed E-state index contributed by atoms with van der Waals surface area (Å²) in [5, 5.41) is 11.4. The molecule has 2 aliphatic rings. The van der Waals surface area contributed by atoms with Gasteiger partial charge in [0.15, 0.2) is 0 Å². The zero-order valence-corrected chi connectivity index (χ0v) is 12.0. The molecule has 2 atom stereocenters. The Morgan fingerprint density at radius 3 is 3.14 bits per heavy atom. The van der Waals surface area contributed by atoms with E-state index in [0.717, 1.165) is 17.3 Å². The van der Waals surface area contributed by atoms with Gasteiger partial charge in [0.2, 0.25) is 12.3 Å². The first-order valence-electron chi connectivity index (χ1n) is 7.76. The molecule has 2 unspecified atom stereocenters. The number of benzene rings is 1. The number of aromatic nitrogens is 2. The van der Waals surface area contributed by atoms with Gasteiger partial charge in [-0.1, -0.05) is 6.07 Å². The Kier molecular flexibility index (Phi) is 3.35. The summed E-state index contributed by atoms with van der Waals surface area (Å²) in [6.07, 6.45) is 6.57. The Morgan fingerprint density at radius 2 is 2.24 bits per heavy atom. The van der Waals surface area contributed by atoms with Gasteiger partial charge in [0.25, 0.3) is 0 Å². The summed E-state index contributed by atoms with van der Waals surface area (Å²) in [6.45, 7) is 2.52. The van der Waals surface area contributed by atoms with Crippen molar-refractivity contribution in [1.82, 2.24) is 15.1 Å². The molecule has 0 saturated carbocycles. The molecule has 1 aromatic heterocycles. The normalized spacial score (nSPS) is 25.7. The maximum Gasteiger partial charge on any atom is 0.247 e. The van der Waals surface area contributed by atoms with Crippen molar-refractivity contribution in [3.63, 3.8) is 0 Å². The van der Waals surface area contributed by atoms with E-state index in [0.29, 0.717) is 11.9 Å². The summed E-state index contributed by atoms with van der Waals surface area (Å²) in [4.78, 5) is 2.65. The first-order chi connectivity index (χ1) is 10.4. The summed E-state index contributed by atoms with van der Waals surface area (Å²) in [5.41, 5.74) is 2.11. The van der Waals surface area contributed by atoms with E-state index in [1.165, 1.54) is 45.2 Å². The molecule has 5 heteroatoms. The average molecular weight is 284 g/mol. The van der Waals surface area contributed by atoms with Crippen LogP contribution in [0.2, 0.25) is 0 Å². The third-order valence-electron chi connectivity index (χ3n) is 4.66. The van der Waals surface area contributed by atoms with E-state index in [9.17, 15) is 0 Å². The molecule has 1 aromatic carbocycles. The van der Waals surface area contributed by atoms with E-state index in [1.54, 1.807) is 0 Å². The lowest BCUT2D eigenvalue weighted by Crippen LogP contribution is -2.42. The van der Waals surface area contributed by atoms with E-state index >= 15 is 0 Å². The van der Waals surface area contributed by atoms with Gasteiger partial charge in [-0.3, -0.25) is 0 Å². The van der Waals surface area contributed by atoms with Crippen LogP contribution in [0.3, 0.4) is 0 Å². The quantitative estimate of drug-likeness (QED) is 0.939. The lowest BCUT2D eigenvalue weighted by molar-refractivity contribution is 0.188. The Morgan fingerprint density at radius 1 is 1.24 bits per heavy atom. The molecule has 0 radical (unpaired) electrons. The van der Waals surface area contributed by atoms with Crippen LogP contribution in [0.1, 0.15) is 25.7 Å². The summed E-state index contributed by atoms with van der Waals surface area (Å²) >= 11 is 0. The second kappa shape index (κ2) is 5.48. The van der Waals surface area contributed by atoms with Crippen molar-refractivity contribution in [3.05, 3.63) is 30.7 Å². The predicted molar refractivity (Wildman–Crippen MR) is 81.0 cm³/mol. The van der Waals surface area contributed by atoms with Crippen LogP contribution >= 0.6 is 0 Å². The van der Waals surface area contributed by atoms with Gasteiger partial charge in [0.05, 0.1) is 0 Å². The molecule has 0 bridgehead atoms. The van der Waals surface area contributed by atoms with Crippen LogP contribution in [-0.2, 0) is 0 Å². The molecule has 5 nitrogen and oxygen atoms in total. The van der Waals surface area contributed by atoms with Crippen molar-refractivity contribution in [2.24, 2.45) is 0 Å². The number of rotatable bonds is 3. The van der Waals surface area contributed by atoms with E-state index in [-0.39, 0.29) is 0 Å². The SMILES string of the molecule is c1cc(NC2CCN3CCCC3C2)cc(-c2nnco2)c1. The molecule has 0 aliphatic carbocycles. The molecular formula is C16H20N4O. The highest BCUT2D eigenvalue weighted by molar-refractivity contribution is 5.61. The topological polar surface area (TPSA) is 54.2 Å². The summed E-state index contributed by atoms with van der Waals surface area (Å²) < 4.78 is 5.26. The van der Waals surface area contributed by atoms with Crippen molar-refractivity contribution in [2.45, 2.75) is 37.8 Å². The molecule has 2 aliphatic heterocycles. The molecule has 0 amide bonds. The highest BCUT2D eigenvalue weighted by Crippen LogP contribution is 2.29. The predicted octanol–water partition coefficient (Wildman–Crippen LogP) is 2.78. The lowest BCUT2D eigenvalue weighted by atomic mass is 9.97. The summed E-state index contributed by atoms with van der Waals surface area (Å²) in [5.74, 6) is 0.573. The monoisotopic (exact) mass is 284 g/mol. The van der Waals surface area contributed by atoms with Crippen LogP contribution in [0.25, 0.3) is 11.5 Å². The van der Waals surface area contributed by atoms with E-state index in [2.05, 4.69) is 32.5 Å². The number of piperidine rings is 1. The number of anilines is 1. The third-order valence-corrected chi connectivity index (χ3v) is 4.66. The van der Waals surface area contributed by atoms with Crippen molar-refractivity contribution < 1.29 is 4.42 Å². The van der Waals surface area contributed by atoms with Gasteiger partial charge in [-0.15, -0.1) is 10.2 Å². The first-order valence-corrected chi connectivity index (χ1v) is 7.76. The molecule has 1 N–H and O–H groups in total. The summed E-state index contributed by atoms with van der Waals surface area (Å²) in [7, 11) is 0. The Balaban J connectivity index is 1.46. The lowest BCUT2D eigenvalue weighted by Gasteiger charge is -2.35. The highest BCUT2D eigenvalue weighted by atomic mass is 16.4. The second-order valence-corrected chi connectivity index (χ2v) is 6.02. The largest absolute Gasteiger partial charge is 0.423 e. The van der Waals surface area contributed by atoms with Crippen molar-refractivity contribution in [1.29, 1.82) is 0 Å². The Labute approximate surface area is 124 Å². The molecule has 2 aromatic rings. The van der Waals surface area contributed by atoms with Gasteiger partial charge in [-0.25, -0.2) is 0 Å². The number of nitrogens with zero attached hydrogens (tertiary/aromatic N) is 3. The second-order valence-electron chi connectivity index (χ2n) is 6.02. The number of hydrogen-bond acceptors (Lipinski definition) is 5. The molecule has 110 valence electrons. The van der Waals surface area contributed by atoms with Gasteiger partial charge in [0.1, 0.15) is 0 Å². The molecule has 0 spiro atoms. The van der Waals surface area contributed by atoms with Crippen molar-refractivity contribution in [3.8, 4) is 11.5 Å². The van der Waals surface area contributed by atoms with Crippen molar-refractivity contribution in [2.75, 3.05) is 18.4 Å². The van der Waals surface area contributed by atoms with Crippen LogP contribution in [-0.4, -0.2) is 40.3 Å². The number of fused-ring (bicyclic) bond motifs is 1. The van der Waals surface area contributed by atoms with Gasteiger partial charge in [-0.2, -0.15) is 0 Å². The first kappa shape index (κ1) is 12.8. The minimum absolute atomic E-state index is 0.572. The highest BCUT2D eigenvalue weighted by Gasteiger charge is 2.31. The van der Waals surface area contributed by atoms with Crippen LogP contribution in [0.4, 0.5) is 5.69 Å². The van der Waals surface area contributed by atoms with Gasteiger partial charge in [0, 0.05) is 29.9 Å². The summed E-state index contributed by atoms with van der Waals surface area (Å²) in [6, 6.07) is 9.60. The van der Waals surface area contributed by atoms with Crippen molar-refractivity contribution >= 4 is 5.69 Å². The Bertz CT molecular complexity index is 598. The van der Waals surface area contributed by atoms with E-state index < -0.39 is 0 Å². The van der Waals surface area contributed by atoms with E-state index in [1.807, 2.05) is 12.1 Å². The van der Waals surface area contributed by atoms with Crippen LogP contribution < -0.4 is 5.32 Å². The van der Waals surface area contributed by atoms with E-state index in [4.69, 9.17) is 4.42 Å². The average Bonchev–Trinajstić information content (AvgIpc) is 3.18. The maximum absolute atomic E-state index is 5.26. The minimum atomic E-state index is 0.572. The molecule has 2 saturated heterocycles. The number of hydrogen-bond donors (Lipinski definition) is 1. The van der Waals surface area contributed by atoms with Gasteiger partial charge >= 0.3 is 0 Å². The maximum atomic E-state index is 5.26.